The molecule has 0 saturated heterocycles. The number of carbonyl (C=O) groups excluding carboxylic acids is 1. The number of anilines is 1. The fourth-order valence-corrected chi connectivity index (χ4v) is 0.986. The van der Waals surface area contributed by atoms with Crippen molar-refractivity contribution in [1.82, 2.24) is 0 Å². The largest absolute Gasteiger partial charge is 0.471 e. The molecule has 2 nitrogen and oxygen atoms in total. The highest BCUT2D eigenvalue weighted by atomic mass is 19.4. The van der Waals surface area contributed by atoms with Gasteiger partial charge in [-0.3, -0.25) is 4.79 Å². The van der Waals surface area contributed by atoms with Crippen molar-refractivity contribution in [2.24, 2.45) is 0 Å². The summed E-state index contributed by atoms with van der Waals surface area (Å²) in [5.74, 6) is -4.08. The molecule has 0 unspecified atom stereocenters. The van der Waals surface area contributed by atoms with Crippen LogP contribution in [0.2, 0.25) is 0 Å². The van der Waals surface area contributed by atoms with Crippen molar-refractivity contribution in [3.05, 3.63) is 29.6 Å². The molecule has 0 spiro atoms. The second-order valence-corrected chi connectivity index (χ2v) is 3.14. The Bertz CT molecular complexity index is 463. The van der Waals surface area contributed by atoms with E-state index in [1.165, 1.54) is 0 Å². The number of halogens is 7. The maximum atomic E-state index is 13.0. The monoisotopic (exact) mass is 275 g/mol. The van der Waals surface area contributed by atoms with Crippen LogP contribution in [0.4, 0.5) is 36.4 Å². The molecule has 1 rings (SSSR count). The topological polar surface area (TPSA) is 29.1 Å². The lowest BCUT2D eigenvalue weighted by atomic mass is 10.2. The number of hydrogen-bond donors (Lipinski definition) is 1. The normalized spacial score (nSPS) is 12.4. The highest BCUT2D eigenvalue weighted by molar-refractivity contribution is 5.95. The van der Waals surface area contributed by atoms with Gasteiger partial charge in [-0.15, -0.1) is 0 Å². The summed E-state index contributed by atoms with van der Waals surface area (Å²) in [5.41, 5.74) is -2.35. The van der Waals surface area contributed by atoms with Gasteiger partial charge in [-0.05, 0) is 18.2 Å². The van der Waals surface area contributed by atoms with E-state index in [9.17, 15) is 35.5 Å². The standard InChI is InChI=1S/C9H4F7NO/c10-5-3-4(8(11,12)13)1-2-6(5)17-7(18)9(14,15)16/h1-3H,(H,17,18). The Morgan fingerprint density at radius 3 is 2.00 bits per heavy atom. The Hall–Kier alpha value is -1.80. The molecule has 0 aliphatic carbocycles. The number of alkyl halides is 6. The quantitative estimate of drug-likeness (QED) is 0.782. The van der Waals surface area contributed by atoms with E-state index in [1.54, 1.807) is 0 Å². The SMILES string of the molecule is O=C(Nc1ccc(C(F)(F)F)cc1F)C(F)(F)F. The summed E-state index contributed by atoms with van der Waals surface area (Å²) in [6.45, 7) is 0. The van der Waals surface area contributed by atoms with Crippen LogP contribution >= 0.6 is 0 Å². The van der Waals surface area contributed by atoms with Gasteiger partial charge in [0, 0.05) is 0 Å². The first-order valence-corrected chi connectivity index (χ1v) is 4.27. The zero-order valence-electron chi connectivity index (χ0n) is 8.29. The van der Waals surface area contributed by atoms with E-state index >= 15 is 0 Å². The molecule has 18 heavy (non-hydrogen) atoms. The second kappa shape index (κ2) is 4.46. The smallest absolute Gasteiger partial charge is 0.316 e. The first-order chi connectivity index (χ1) is 8.01. The molecule has 0 aliphatic rings. The lowest BCUT2D eigenvalue weighted by Gasteiger charge is -2.11. The third kappa shape index (κ3) is 3.34. The third-order valence-electron chi connectivity index (χ3n) is 1.80. The van der Waals surface area contributed by atoms with Crippen molar-refractivity contribution in [3.63, 3.8) is 0 Å². The maximum Gasteiger partial charge on any atom is 0.471 e. The molecule has 0 aromatic heterocycles. The molecule has 1 amide bonds. The van der Waals surface area contributed by atoms with Gasteiger partial charge >= 0.3 is 18.3 Å². The van der Waals surface area contributed by atoms with Crippen LogP contribution in [-0.2, 0) is 11.0 Å². The van der Waals surface area contributed by atoms with E-state index in [2.05, 4.69) is 0 Å². The fraction of sp³-hybridized carbons (Fsp3) is 0.222. The van der Waals surface area contributed by atoms with Gasteiger partial charge in [-0.25, -0.2) is 4.39 Å². The summed E-state index contributed by atoms with van der Waals surface area (Å²) in [7, 11) is 0. The molecular weight excluding hydrogens is 271 g/mol. The van der Waals surface area contributed by atoms with Gasteiger partial charge in [0.25, 0.3) is 0 Å². The van der Waals surface area contributed by atoms with Gasteiger partial charge in [-0.1, -0.05) is 0 Å². The average Bonchev–Trinajstić information content (AvgIpc) is 2.17. The van der Waals surface area contributed by atoms with Crippen molar-refractivity contribution in [2.45, 2.75) is 12.4 Å². The predicted molar refractivity (Wildman–Crippen MR) is 46.1 cm³/mol. The summed E-state index contributed by atoms with van der Waals surface area (Å²) in [6.07, 6.45) is -10.1. The first kappa shape index (κ1) is 14.3. The molecule has 9 heteroatoms. The van der Waals surface area contributed by atoms with E-state index < -0.39 is 35.3 Å². The van der Waals surface area contributed by atoms with Crippen LogP contribution in [0.1, 0.15) is 5.56 Å². The summed E-state index contributed by atoms with van der Waals surface area (Å²) in [6, 6.07) is 0.753. The van der Waals surface area contributed by atoms with E-state index in [1.807, 2.05) is 0 Å². The molecule has 100 valence electrons. The molecule has 0 bridgehead atoms. The van der Waals surface area contributed by atoms with E-state index in [0.29, 0.717) is 12.1 Å². The summed E-state index contributed by atoms with van der Waals surface area (Å²) >= 11 is 0. The molecule has 1 aromatic rings. The summed E-state index contributed by atoms with van der Waals surface area (Å²) in [4.78, 5) is 10.4. The average molecular weight is 275 g/mol. The summed E-state index contributed by atoms with van der Waals surface area (Å²) in [5, 5.41) is 1.12. The number of amides is 1. The van der Waals surface area contributed by atoms with Crippen molar-refractivity contribution in [1.29, 1.82) is 0 Å². The molecule has 1 aromatic carbocycles. The van der Waals surface area contributed by atoms with Crippen LogP contribution < -0.4 is 5.32 Å². The zero-order chi connectivity index (χ0) is 14.1. The summed E-state index contributed by atoms with van der Waals surface area (Å²) < 4.78 is 84.9. The Labute approximate surface area is 95.4 Å². The minimum absolute atomic E-state index is 0.00795. The van der Waals surface area contributed by atoms with Crippen molar-refractivity contribution in [2.75, 3.05) is 5.32 Å². The number of benzene rings is 1. The van der Waals surface area contributed by atoms with Crippen molar-refractivity contribution >= 4 is 11.6 Å². The maximum absolute atomic E-state index is 13.0. The molecule has 0 atom stereocenters. The Morgan fingerprint density at radius 1 is 1.06 bits per heavy atom. The number of hydrogen-bond acceptors (Lipinski definition) is 1. The highest BCUT2D eigenvalue weighted by Crippen LogP contribution is 2.31. The lowest BCUT2D eigenvalue weighted by molar-refractivity contribution is -0.167. The molecule has 0 radical (unpaired) electrons. The molecule has 0 saturated carbocycles. The van der Waals surface area contributed by atoms with E-state index in [0.717, 1.165) is 5.32 Å². The Kier molecular flexibility index (Phi) is 3.54. The van der Waals surface area contributed by atoms with E-state index in [-0.39, 0.29) is 6.07 Å². The minimum atomic E-state index is -5.25. The van der Waals surface area contributed by atoms with Crippen LogP contribution in [0.15, 0.2) is 18.2 Å². The van der Waals surface area contributed by atoms with Crippen LogP contribution in [0.3, 0.4) is 0 Å². The van der Waals surface area contributed by atoms with Crippen LogP contribution in [0.5, 0.6) is 0 Å². The number of rotatable bonds is 1. The van der Waals surface area contributed by atoms with Gasteiger partial charge in [0.05, 0.1) is 11.3 Å². The van der Waals surface area contributed by atoms with Crippen molar-refractivity contribution < 1.29 is 35.5 Å². The van der Waals surface area contributed by atoms with Gasteiger partial charge in [0.15, 0.2) is 0 Å². The first-order valence-electron chi connectivity index (χ1n) is 4.27. The number of carbonyl (C=O) groups is 1. The Balaban J connectivity index is 2.98. The van der Waals surface area contributed by atoms with Crippen LogP contribution in [0, 0.1) is 5.82 Å². The Morgan fingerprint density at radius 2 is 1.61 bits per heavy atom. The molecule has 0 heterocycles. The van der Waals surface area contributed by atoms with E-state index in [4.69, 9.17) is 0 Å². The fourth-order valence-electron chi connectivity index (χ4n) is 0.986. The van der Waals surface area contributed by atoms with Crippen molar-refractivity contribution in [3.8, 4) is 0 Å². The second-order valence-electron chi connectivity index (χ2n) is 3.14. The van der Waals surface area contributed by atoms with Gasteiger partial charge in [-0.2, -0.15) is 26.3 Å². The van der Waals surface area contributed by atoms with Gasteiger partial charge < -0.3 is 5.32 Å². The molecular formula is C9H4F7NO. The third-order valence-corrected chi connectivity index (χ3v) is 1.80. The lowest BCUT2D eigenvalue weighted by Crippen LogP contribution is -2.30. The molecule has 0 fully saturated rings. The van der Waals surface area contributed by atoms with Crippen LogP contribution in [-0.4, -0.2) is 12.1 Å². The predicted octanol–water partition coefficient (Wildman–Crippen LogP) is 3.35. The molecule has 1 N–H and O–H groups in total. The van der Waals surface area contributed by atoms with Crippen LogP contribution in [0.25, 0.3) is 0 Å². The zero-order valence-corrected chi connectivity index (χ0v) is 8.29. The van der Waals surface area contributed by atoms with Gasteiger partial charge in [0.2, 0.25) is 0 Å². The minimum Gasteiger partial charge on any atom is -0.316 e. The molecule has 0 aliphatic heterocycles. The highest BCUT2D eigenvalue weighted by Gasteiger charge is 2.39. The number of nitrogens with one attached hydrogen (secondary N) is 1. The van der Waals surface area contributed by atoms with Gasteiger partial charge in [0.1, 0.15) is 5.82 Å².